The molecule has 8 heteroatoms. The summed E-state index contributed by atoms with van der Waals surface area (Å²) in [6.45, 7) is 2.80. The predicted octanol–water partition coefficient (Wildman–Crippen LogP) is 3.06. The van der Waals surface area contributed by atoms with E-state index in [0.717, 1.165) is 37.5 Å². The number of hydrogen-bond donors (Lipinski definition) is 3. The highest BCUT2D eigenvalue weighted by atomic mass is 127. The second-order valence-electron chi connectivity index (χ2n) is 6.56. The number of nitrogens with zero attached hydrogens (tertiary/aromatic N) is 2. The van der Waals surface area contributed by atoms with E-state index in [4.69, 9.17) is 0 Å². The van der Waals surface area contributed by atoms with Crippen LogP contribution in [-0.2, 0) is 6.54 Å². The van der Waals surface area contributed by atoms with Gasteiger partial charge in [-0.1, -0.05) is 12.1 Å². The van der Waals surface area contributed by atoms with Crippen molar-refractivity contribution in [2.45, 2.75) is 25.4 Å². The number of halogens is 1. The predicted molar refractivity (Wildman–Crippen MR) is 128 cm³/mol. The summed E-state index contributed by atoms with van der Waals surface area (Å²) >= 11 is 1.80. The molecule has 0 bridgehead atoms. The van der Waals surface area contributed by atoms with Crippen molar-refractivity contribution < 1.29 is 4.79 Å². The van der Waals surface area contributed by atoms with E-state index in [0.29, 0.717) is 18.2 Å². The van der Waals surface area contributed by atoms with Gasteiger partial charge in [-0.2, -0.15) is 0 Å². The zero-order valence-electron chi connectivity index (χ0n) is 16.3. The van der Waals surface area contributed by atoms with Crippen LogP contribution < -0.4 is 20.9 Å². The lowest BCUT2D eigenvalue weighted by Gasteiger charge is -2.33. The number of piperidine rings is 1. The minimum absolute atomic E-state index is 0. The third kappa shape index (κ3) is 6.10. The highest BCUT2D eigenvalue weighted by Crippen LogP contribution is 2.24. The maximum Gasteiger partial charge on any atom is 0.251 e. The van der Waals surface area contributed by atoms with Crippen LogP contribution in [0.3, 0.4) is 0 Å². The average Bonchev–Trinajstić information content (AvgIpc) is 3.26. The fourth-order valence-electron chi connectivity index (χ4n) is 3.19. The fourth-order valence-corrected chi connectivity index (χ4v) is 3.97. The second-order valence-corrected chi connectivity index (χ2v) is 7.48. The number of nitrogens with one attached hydrogen (secondary N) is 3. The molecule has 3 rings (SSSR count). The minimum Gasteiger partial charge on any atom is -0.363 e. The summed E-state index contributed by atoms with van der Waals surface area (Å²) in [7, 11) is 3.43. The molecule has 3 N–H and O–H groups in total. The fraction of sp³-hybridized carbons (Fsp3) is 0.400. The van der Waals surface area contributed by atoms with Gasteiger partial charge in [0.15, 0.2) is 5.96 Å². The molecule has 0 unspecified atom stereocenters. The van der Waals surface area contributed by atoms with Gasteiger partial charge in [0.2, 0.25) is 0 Å². The normalized spacial score (nSPS) is 14.9. The molecule has 1 aliphatic rings. The van der Waals surface area contributed by atoms with Gasteiger partial charge < -0.3 is 20.9 Å². The molecular formula is C20H28IN5OS. The molecule has 6 nitrogen and oxygen atoms in total. The molecule has 1 aromatic carbocycles. The topological polar surface area (TPSA) is 68.8 Å². The zero-order chi connectivity index (χ0) is 19.1. The highest BCUT2D eigenvalue weighted by molar-refractivity contribution is 14.0. The number of benzene rings is 1. The highest BCUT2D eigenvalue weighted by Gasteiger charge is 2.20. The molecule has 1 fully saturated rings. The SMILES string of the molecule is CN=C(NCc1ccc(C(=O)NC)cc1)NC1CCN(c2cccs2)CC1.I. The smallest absolute Gasteiger partial charge is 0.251 e. The first-order chi connectivity index (χ1) is 13.2. The van der Waals surface area contributed by atoms with Crippen molar-refractivity contribution in [2.24, 2.45) is 4.99 Å². The van der Waals surface area contributed by atoms with E-state index < -0.39 is 0 Å². The second kappa shape index (κ2) is 11.3. The van der Waals surface area contributed by atoms with Gasteiger partial charge in [0, 0.05) is 45.3 Å². The van der Waals surface area contributed by atoms with Gasteiger partial charge in [-0.15, -0.1) is 35.3 Å². The van der Waals surface area contributed by atoms with Gasteiger partial charge >= 0.3 is 0 Å². The molecule has 2 aromatic rings. The van der Waals surface area contributed by atoms with Crippen LogP contribution in [0.4, 0.5) is 5.00 Å². The first kappa shape index (κ1) is 22.5. The van der Waals surface area contributed by atoms with Crippen molar-refractivity contribution in [3.8, 4) is 0 Å². The Morgan fingerprint density at radius 3 is 2.50 bits per heavy atom. The van der Waals surface area contributed by atoms with Crippen LogP contribution >= 0.6 is 35.3 Å². The number of amides is 1. The molecule has 1 amide bonds. The molecule has 2 heterocycles. The van der Waals surface area contributed by atoms with E-state index >= 15 is 0 Å². The van der Waals surface area contributed by atoms with Crippen LogP contribution in [-0.4, -0.2) is 45.1 Å². The number of aliphatic imine (C=N–C) groups is 1. The van der Waals surface area contributed by atoms with Crippen molar-refractivity contribution >= 4 is 52.2 Å². The van der Waals surface area contributed by atoms with Crippen molar-refractivity contribution in [1.29, 1.82) is 0 Å². The summed E-state index contributed by atoms with van der Waals surface area (Å²) in [6.07, 6.45) is 2.19. The molecule has 1 saturated heterocycles. The lowest BCUT2D eigenvalue weighted by molar-refractivity contribution is 0.0963. The van der Waals surface area contributed by atoms with Gasteiger partial charge in [-0.05, 0) is 48.1 Å². The largest absolute Gasteiger partial charge is 0.363 e. The minimum atomic E-state index is -0.0686. The molecule has 0 saturated carbocycles. The summed E-state index contributed by atoms with van der Waals surface area (Å²) in [6, 6.07) is 12.3. The molecule has 28 heavy (non-hydrogen) atoms. The molecule has 0 aliphatic carbocycles. The van der Waals surface area contributed by atoms with E-state index in [-0.39, 0.29) is 29.9 Å². The molecule has 0 radical (unpaired) electrons. The van der Waals surface area contributed by atoms with Crippen LogP contribution in [0, 0.1) is 0 Å². The van der Waals surface area contributed by atoms with E-state index in [1.165, 1.54) is 5.00 Å². The molecule has 1 aliphatic heterocycles. The molecule has 1 aromatic heterocycles. The lowest BCUT2D eigenvalue weighted by atomic mass is 10.1. The molecule has 0 spiro atoms. The quantitative estimate of drug-likeness (QED) is 0.327. The number of thiophene rings is 1. The van der Waals surface area contributed by atoms with Crippen LogP contribution in [0.25, 0.3) is 0 Å². The summed E-state index contributed by atoms with van der Waals surface area (Å²) in [4.78, 5) is 18.4. The van der Waals surface area contributed by atoms with Gasteiger partial charge in [-0.3, -0.25) is 9.79 Å². The van der Waals surface area contributed by atoms with Crippen molar-refractivity contribution in [1.82, 2.24) is 16.0 Å². The first-order valence-corrected chi connectivity index (χ1v) is 10.1. The van der Waals surface area contributed by atoms with E-state index in [1.54, 1.807) is 25.4 Å². The van der Waals surface area contributed by atoms with E-state index in [1.807, 2.05) is 24.3 Å². The molecule has 152 valence electrons. The number of hydrogen-bond acceptors (Lipinski definition) is 4. The van der Waals surface area contributed by atoms with Crippen molar-refractivity contribution in [2.75, 3.05) is 32.1 Å². The number of rotatable bonds is 5. The van der Waals surface area contributed by atoms with E-state index in [9.17, 15) is 4.79 Å². The Balaban J connectivity index is 0.00000280. The third-order valence-electron chi connectivity index (χ3n) is 4.78. The number of anilines is 1. The Bertz CT molecular complexity index is 755. The average molecular weight is 513 g/mol. The third-order valence-corrected chi connectivity index (χ3v) is 5.71. The number of carbonyl (C=O) groups excluding carboxylic acids is 1. The summed E-state index contributed by atoms with van der Waals surface area (Å²) in [5.74, 6) is 0.751. The Morgan fingerprint density at radius 2 is 1.93 bits per heavy atom. The standard InChI is InChI=1S/C20H27N5OS.HI/c1-21-19(26)16-7-5-15(6-8-16)14-23-20(22-2)24-17-9-11-25(12-10-17)18-4-3-13-27-18;/h3-8,13,17H,9-12,14H2,1-2H3,(H,21,26)(H2,22,23,24);1H. The maximum atomic E-state index is 11.6. The van der Waals surface area contributed by atoms with Crippen LogP contribution in [0.1, 0.15) is 28.8 Å². The van der Waals surface area contributed by atoms with Crippen LogP contribution in [0.2, 0.25) is 0 Å². The zero-order valence-corrected chi connectivity index (χ0v) is 19.4. The Hall–Kier alpha value is -1.81. The summed E-state index contributed by atoms with van der Waals surface area (Å²) in [5, 5.41) is 13.0. The van der Waals surface area contributed by atoms with Gasteiger partial charge in [0.25, 0.3) is 5.91 Å². The van der Waals surface area contributed by atoms with Gasteiger partial charge in [0.05, 0.1) is 5.00 Å². The Labute approximate surface area is 187 Å². The van der Waals surface area contributed by atoms with Crippen LogP contribution in [0.15, 0.2) is 46.8 Å². The van der Waals surface area contributed by atoms with Crippen LogP contribution in [0.5, 0.6) is 0 Å². The van der Waals surface area contributed by atoms with Gasteiger partial charge in [0.1, 0.15) is 0 Å². The maximum absolute atomic E-state index is 11.6. The first-order valence-electron chi connectivity index (χ1n) is 9.26. The summed E-state index contributed by atoms with van der Waals surface area (Å²) < 4.78 is 0. The lowest BCUT2D eigenvalue weighted by Crippen LogP contribution is -2.48. The van der Waals surface area contributed by atoms with E-state index in [2.05, 4.69) is 43.4 Å². The Kier molecular flexibility index (Phi) is 9.04. The number of guanidine groups is 1. The van der Waals surface area contributed by atoms with Crippen molar-refractivity contribution in [3.63, 3.8) is 0 Å². The summed E-state index contributed by atoms with van der Waals surface area (Å²) in [5.41, 5.74) is 1.78. The molecule has 0 atom stereocenters. The number of carbonyl (C=O) groups is 1. The molecular weight excluding hydrogens is 485 g/mol. The Morgan fingerprint density at radius 1 is 1.21 bits per heavy atom. The monoisotopic (exact) mass is 513 g/mol. The van der Waals surface area contributed by atoms with Gasteiger partial charge in [-0.25, -0.2) is 0 Å². The van der Waals surface area contributed by atoms with Crippen molar-refractivity contribution in [3.05, 3.63) is 52.9 Å².